The first kappa shape index (κ1) is 19.8. The van der Waals surface area contributed by atoms with E-state index >= 15 is 0 Å². The third-order valence-electron chi connectivity index (χ3n) is 4.35. The van der Waals surface area contributed by atoms with Crippen molar-refractivity contribution < 1.29 is 18.7 Å². The summed E-state index contributed by atoms with van der Waals surface area (Å²) >= 11 is 1.25. The molecule has 152 valence electrons. The molecule has 0 aliphatic rings. The first-order valence-corrected chi connectivity index (χ1v) is 9.97. The Bertz CT molecular complexity index is 1170. The Balaban J connectivity index is 1.61. The Hall–Kier alpha value is -3.52. The van der Waals surface area contributed by atoms with Crippen LogP contribution in [0.1, 0.15) is 5.56 Å². The maximum atomic E-state index is 13.6. The summed E-state index contributed by atoms with van der Waals surface area (Å²) < 4.78 is 25.2. The molecule has 0 aliphatic carbocycles. The molecule has 0 N–H and O–H groups in total. The first-order valence-electron chi connectivity index (χ1n) is 9.15. The number of methoxy groups -OCH3 is 1. The van der Waals surface area contributed by atoms with Crippen molar-refractivity contribution in [2.75, 3.05) is 18.6 Å². The van der Waals surface area contributed by atoms with E-state index in [2.05, 4.69) is 9.97 Å². The van der Waals surface area contributed by atoms with Crippen molar-refractivity contribution in [1.29, 1.82) is 0 Å². The highest BCUT2D eigenvalue weighted by atomic mass is 32.1. The van der Waals surface area contributed by atoms with E-state index in [1.807, 2.05) is 12.1 Å². The van der Waals surface area contributed by atoms with Gasteiger partial charge in [0.2, 0.25) is 0 Å². The molecule has 0 saturated heterocycles. The highest BCUT2D eigenvalue weighted by molar-refractivity contribution is 7.22. The van der Waals surface area contributed by atoms with Crippen molar-refractivity contribution in [1.82, 2.24) is 9.97 Å². The summed E-state index contributed by atoms with van der Waals surface area (Å²) in [4.78, 5) is 23.2. The summed E-state index contributed by atoms with van der Waals surface area (Å²) in [5.41, 5.74) is 1.47. The van der Waals surface area contributed by atoms with Crippen molar-refractivity contribution >= 4 is 32.6 Å². The van der Waals surface area contributed by atoms with E-state index in [1.165, 1.54) is 28.4 Å². The zero-order chi connectivity index (χ0) is 20.9. The van der Waals surface area contributed by atoms with Crippen molar-refractivity contribution in [3.8, 4) is 11.5 Å². The van der Waals surface area contributed by atoms with Crippen molar-refractivity contribution in [3.05, 3.63) is 78.4 Å². The van der Waals surface area contributed by atoms with Crippen molar-refractivity contribution in [3.63, 3.8) is 0 Å². The number of thiazole rings is 1. The molecular formula is C22H18FN3O3S. The lowest BCUT2D eigenvalue weighted by Gasteiger charge is -2.20. The summed E-state index contributed by atoms with van der Waals surface area (Å²) in [6.07, 6.45) is 3.36. The van der Waals surface area contributed by atoms with Crippen LogP contribution in [0.2, 0.25) is 0 Å². The normalized spacial score (nSPS) is 10.7. The maximum absolute atomic E-state index is 13.6. The molecule has 0 radical (unpaired) electrons. The van der Waals surface area contributed by atoms with Gasteiger partial charge in [-0.1, -0.05) is 29.5 Å². The van der Waals surface area contributed by atoms with E-state index in [-0.39, 0.29) is 24.9 Å². The number of hydrogen-bond donors (Lipinski definition) is 0. The van der Waals surface area contributed by atoms with Crippen LogP contribution < -0.4 is 14.4 Å². The molecule has 4 rings (SSSR count). The molecular weight excluding hydrogens is 405 g/mol. The van der Waals surface area contributed by atoms with Gasteiger partial charge in [-0.05, 0) is 42.0 Å². The second-order valence-corrected chi connectivity index (χ2v) is 7.40. The Morgan fingerprint density at radius 2 is 1.97 bits per heavy atom. The fourth-order valence-corrected chi connectivity index (χ4v) is 3.90. The standard InChI is InChI=1S/C22H18FN3O3S/c1-28-18-6-2-3-7-19(18)29-14-21(27)26(13-15-5-4-10-24-12-15)22-25-17-9-8-16(23)11-20(17)30-22/h2-12H,13-14H2,1H3. The topological polar surface area (TPSA) is 64.6 Å². The number of pyridine rings is 1. The minimum absolute atomic E-state index is 0.203. The number of amides is 1. The number of anilines is 1. The van der Waals surface area contributed by atoms with Crippen molar-refractivity contribution in [2.45, 2.75) is 6.54 Å². The average molecular weight is 423 g/mol. The number of halogens is 1. The molecule has 1 amide bonds. The second-order valence-electron chi connectivity index (χ2n) is 6.39. The van der Waals surface area contributed by atoms with E-state index in [1.54, 1.807) is 49.8 Å². The van der Waals surface area contributed by atoms with Crippen LogP contribution in [0.5, 0.6) is 11.5 Å². The minimum atomic E-state index is -0.345. The third-order valence-corrected chi connectivity index (χ3v) is 5.40. The number of hydrogen-bond acceptors (Lipinski definition) is 6. The zero-order valence-electron chi connectivity index (χ0n) is 16.1. The number of para-hydroxylation sites is 2. The Morgan fingerprint density at radius 3 is 2.73 bits per heavy atom. The number of ether oxygens (including phenoxy) is 2. The Morgan fingerprint density at radius 1 is 1.13 bits per heavy atom. The quantitative estimate of drug-likeness (QED) is 0.439. The summed E-state index contributed by atoms with van der Waals surface area (Å²) in [7, 11) is 1.54. The lowest BCUT2D eigenvalue weighted by molar-refractivity contribution is -0.120. The van der Waals surface area contributed by atoms with E-state index < -0.39 is 0 Å². The number of nitrogens with zero attached hydrogens (tertiary/aromatic N) is 3. The third kappa shape index (κ3) is 4.38. The molecule has 2 aromatic heterocycles. The van der Waals surface area contributed by atoms with E-state index in [0.29, 0.717) is 26.8 Å². The highest BCUT2D eigenvalue weighted by Crippen LogP contribution is 2.31. The molecule has 6 nitrogen and oxygen atoms in total. The average Bonchev–Trinajstić information content (AvgIpc) is 3.19. The fraction of sp³-hybridized carbons (Fsp3) is 0.136. The number of benzene rings is 2. The Labute approximate surface area is 176 Å². The van der Waals surface area contributed by atoms with Crippen LogP contribution in [0.25, 0.3) is 10.2 Å². The maximum Gasteiger partial charge on any atom is 0.267 e. The van der Waals surface area contributed by atoms with Crippen LogP contribution in [-0.2, 0) is 11.3 Å². The smallest absolute Gasteiger partial charge is 0.267 e. The zero-order valence-corrected chi connectivity index (χ0v) is 16.9. The van der Waals surface area contributed by atoms with Crippen LogP contribution >= 0.6 is 11.3 Å². The van der Waals surface area contributed by atoms with Crippen molar-refractivity contribution in [2.24, 2.45) is 0 Å². The first-order chi connectivity index (χ1) is 14.6. The number of rotatable bonds is 7. The van der Waals surface area contributed by atoms with Gasteiger partial charge in [-0.3, -0.25) is 14.7 Å². The van der Waals surface area contributed by atoms with E-state index in [0.717, 1.165) is 5.56 Å². The van der Waals surface area contributed by atoms with Crippen LogP contribution in [-0.4, -0.2) is 29.6 Å². The molecule has 8 heteroatoms. The monoisotopic (exact) mass is 423 g/mol. The van der Waals surface area contributed by atoms with Crippen LogP contribution in [0.15, 0.2) is 67.0 Å². The summed E-state index contributed by atoms with van der Waals surface area (Å²) in [5, 5.41) is 0.466. The van der Waals surface area contributed by atoms with Gasteiger partial charge in [0, 0.05) is 12.4 Å². The number of carbonyl (C=O) groups excluding carboxylic acids is 1. The number of carbonyl (C=O) groups is 1. The van der Waals surface area contributed by atoms with Gasteiger partial charge in [-0.2, -0.15) is 0 Å². The predicted octanol–water partition coefficient (Wildman–Crippen LogP) is 4.45. The van der Waals surface area contributed by atoms with Gasteiger partial charge in [0.25, 0.3) is 5.91 Å². The van der Waals surface area contributed by atoms with Gasteiger partial charge >= 0.3 is 0 Å². The van der Waals surface area contributed by atoms with E-state index in [9.17, 15) is 9.18 Å². The van der Waals surface area contributed by atoms with Gasteiger partial charge < -0.3 is 9.47 Å². The van der Waals surface area contributed by atoms with Crippen LogP contribution in [0, 0.1) is 5.82 Å². The molecule has 30 heavy (non-hydrogen) atoms. The molecule has 0 saturated carbocycles. The lowest BCUT2D eigenvalue weighted by Crippen LogP contribution is -2.34. The van der Waals surface area contributed by atoms with Gasteiger partial charge in [-0.15, -0.1) is 0 Å². The highest BCUT2D eigenvalue weighted by Gasteiger charge is 2.21. The molecule has 2 heterocycles. The van der Waals surface area contributed by atoms with Crippen LogP contribution in [0.3, 0.4) is 0 Å². The molecule has 2 aromatic carbocycles. The second kappa shape index (κ2) is 8.87. The minimum Gasteiger partial charge on any atom is -0.493 e. The van der Waals surface area contributed by atoms with Gasteiger partial charge in [0.05, 0.1) is 23.9 Å². The van der Waals surface area contributed by atoms with Gasteiger partial charge in [0.15, 0.2) is 23.2 Å². The lowest BCUT2D eigenvalue weighted by atomic mass is 10.2. The number of aromatic nitrogens is 2. The van der Waals surface area contributed by atoms with Gasteiger partial charge in [0.1, 0.15) is 5.82 Å². The predicted molar refractivity (Wildman–Crippen MR) is 113 cm³/mol. The Kier molecular flexibility index (Phi) is 5.85. The molecule has 0 unspecified atom stereocenters. The van der Waals surface area contributed by atoms with Gasteiger partial charge in [-0.25, -0.2) is 9.37 Å². The summed E-state index contributed by atoms with van der Waals surface area (Å²) in [5.74, 6) is 0.382. The molecule has 0 bridgehead atoms. The summed E-state index contributed by atoms with van der Waals surface area (Å²) in [6.45, 7) is 0.0647. The number of fused-ring (bicyclic) bond motifs is 1. The molecule has 0 fully saturated rings. The SMILES string of the molecule is COc1ccccc1OCC(=O)N(Cc1cccnc1)c1nc2ccc(F)cc2s1. The molecule has 0 atom stereocenters. The molecule has 0 spiro atoms. The van der Waals surface area contributed by atoms with E-state index in [4.69, 9.17) is 9.47 Å². The molecule has 0 aliphatic heterocycles. The fourth-order valence-electron chi connectivity index (χ4n) is 2.89. The summed E-state index contributed by atoms with van der Waals surface area (Å²) in [6, 6.07) is 15.2. The van der Waals surface area contributed by atoms with Crippen LogP contribution in [0.4, 0.5) is 9.52 Å². The molecule has 4 aromatic rings. The largest absolute Gasteiger partial charge is 0.493 e.